The summed E-state index contributed by atoms with van der Waals surface area (Å²) in [7, 11) is 0. The molecule has 0 aromatic carbocycles. The molecule has 6 nitrogen and oxygen atoms in total. The molecule has 3 heterocycles. The SMILES string of the molecule is Cc1nc(-c2cc(C(=O)NCC3CNCCO3)co2)cs1. The Kier molecular flexibility index (Phi) is 4.33. The molecule has 2 N–H and O–H groups in total. The molecule has 1 aliphatic heterocycles. The van der Waals surface area contributed by atoms with E-state index in [1.165, 1.54) is 6.26 Å². The highest BCUT2D eigenvalue weighted by Crippen LogP contribution is 2.23. The Morgan fingerprint density at radius 2 is 2.52 bits per heavy atom. The van der Waals surface area contributed by atoms with E-state index in [9.17, 15) is 4.79 Å². The summed E-state index contributed by atoms with van der Waals surface area (Å²) in [6.45, 7) is 4.72. The average molecular weight is 307 g/mol. The Labute approximate surface area is 126 Å². The van der Waals surface area contributed by atoms with Gasteiger partial charge in [0.1, 0.15) is 12.0 Å². The van der Waals surface area contributed by atoms with Crippen molar-refractivity contribution >= 4 is 17.2 Å². The van der Waals surface area contributed by atoms with E-state index in [4.69, 9.17) is 9.15 Å². The number of aromatic nitrogens is 1. The monoisotopic (exact) mass is 307 g/mol. The summed E-state index contributed by atoms with van der Waals surface area (Å²) in [5, 5.41) is 8.96. The van der Waals surface area contributed by atoms with Crippen molar-refractivity contribution in [2.24, 2.45) is 0 Å². The minimum absolute atomic E-state index is 0.0234. The molecule has 0 radical (unpaired) electrons. The average Bonchev–Trinajstić information content (AvgIpc) is 3.14. The summed E-state index contributed by atoms with van der Waals surface area (Å²) >= 11 is 1.55. The van der Waals surface area contributed by atoms with Crippen LogP contribution >= 0.6 is 11.3 Å². The lowest BCUT2D eigenvalue weighted by molar-refractivity contribution is 0.0287. The van der Waals surface area contributed by atoms with E-state index in [0.717, 1.165) is 23.8 Å². The van der Waals surface area contributed by atoms with E-state index in [1.807, 2.05) is 12.3 Å². The molecule has 2 aromatic rings. The lowest BCUT2D eigenvalue weighted by atomic mass is 10.2. The van der Waals surface area contributed by atoms with E-state index in [0.29, 0.717) is 24.5 Å². The highest BCUT2D eigenvalue weighted by Gasteiger charge is 2.17. The smallest absolute Gasteiger partial charge is 0.254 e. The fraction of sp³-hybridized carbons (Fsp3) is 0.429. The number of carbonyl (C=O) groups is 1. The maximum Gasteiger partial charge on any atom is 0.254 e. The van der Waals surface area contributed by atoms with Gasteiger partial charge in [-0.1, -0.05) is 0 Å². The maximum atomic E-state index is 12.1. The Morgan fingerprint density at radius 3 is 3.24 bits per heavy atom. The van der Waals surface area contributed by atoms with Gasteiger partial charge in [0.15, 0.2) is 5.76 Å². The zero-order valence-corrected chi connectivity index (χ0v) is 12.5. The van der Waals surface area contributed by atoms with Gasteiger partial charge in [0, 0.05) is 25.0 Å². The number of furan rings is 1. The zero-order valence-electron chi connectivity index (χ0n) is 11.7. The minimum Gasteiger partial charge on any atom is -0.462 e. The Bertz CT molecular complexity index is 617. The molecule has 7 heteroatoms. The molecular formula is C14H17N3O3S. The topological polar surface area (TPSA) is 76.4 Å². The van der Waals surface area contributed by atoms with Gasteiger partial charge in [0.25, 0.3) is 5.91 Å². The van der Waals surface area contributed by atoms with Crippen LogP contribution in [0.2, 0.25) is 0 Å². The van der Waals surface area contributed by atoms with Gasteiger partial charge in [-0.05, 0) is 13.0 Å². The van der Waals surface area contributed by atoms with E-state index in [-0.39, 0.29) is 12.0 Å². The van der Waals surface area contributed by atoms with Gasteiger partial charge in [-0.3, -0.25) is 4.79 Å². The third-order valence-electron chi connectivity index (χ3n) is 3.23. The number of hydrogen-bond acceptors (Lipinski definition) is 6. The fourth-order valence-electron chi connectivity index (χ4n) is 2.13. The van der Waals surface area contributed by atoms with Crippen LogP contribution in [0, 0.1) is 6.92 Å². The first kappa shape index (κ1) is 14.2. The summed E-state index contributed by atoms with van der Waals surface area (Å²) in [4.78, 5) is 16.4. The van der Waals surface area contributed by atoms with Crippen molar-refractivity contribution in [2.45, 2.75) is 13.0 Å². The lowest BCUT2D eigenvalue weighted by Crippen LogP contribution is -2.45. The quantitative estimate of drug-likeness (QED) is 0.893. The minimum atomic E-state index is -0.161. The van der Waals surface area contributed by atoms with Crippen molar-refractivity contribution in [1.29, 1.82) is 0 Å². The number of aryl methyl sites for hydroxylation is 1. The van der Waals surface area contributed by atoms with Crippen molar-refractivity contribution < 1.29 is 13.9 Å². The van der Waals surface area contributed by atoms with E-state index >= 15 is 0 Å². The Hall–Kier alpha value is -1.70. The number of morpholine rings is 1. The van der Waals surface area contributed by atoms with Gasteiger partial charge in [-0.25, -0.2) is 4.98 Å². The summed E-state index contributed by atoms with van der Waals surface area (Å²) in [6.07, 6.45) is 1.48. The number of carbonyl (C=O) groups excluding carboxylic acids is 1. The second-order valence-electron chi connectivity index (χ2n) is 4.86. The molecule has 0 aliphatic carbocycles. The van der Waals surface area contributed by atoms with Crippen LogP contribution in [-0.4, -0.2) is 43.2 Å². The van der Waals surface area contributed by atoms with E-state index in [2.05, 4.69) is 15.6 Å². The van der Waals surface area contributed by atoms with Gasteiger partial charge in [0.2, 0.25) is 0 Å². The molecule has 1 saturated heterocycles. The van der Waals surface area contributed by atoms with Crippen LogP contribution in [0.1, 0.15) is 15.4 Å². The summed E-state index contributed by atoms with van der Waals surface area (Å²) in [5.74, 6) is 0.450. The van der Waals surface area contributed by atoms with E-state index < -0.39 is 0 Å². The number of thiazole rings is 1. The Balaban J connectivity index is 1.59. The molecule has 0 bridgehead atoms. The molecule has 1 amide bonds. The largest absolute Gasteiger partial charge is 0.462 e. The lowest BCUT2D eigenvalue weighted by Gasteiger charge is -2.23. The zero-order chi connectivity index (χ0) is 14.7. The second-order valence-corrected chi connectivity index (χ2v) is 5.92. The number of nitrogens with one attached hydrogen (secondary N) is 2. The first-order valence-corrected chi connectivity index (χ1v) is 7.72. The molecule has 3 rings (SSSR count). The molecule has 0 saturated carbocycles. The third-order valence-corrected chi connectivity index (χ3v) is 4.00. The third kappa shape index (κ3) is 3.49. The van der Waals surface area contributed by atoms with Gasteiger partial charge in [0.05, 0.1) is 23.3 Å². The first-order chi connectivity index (χ1) is 10.2. The van der Waals surface area contributed by atoms with Crippen LogP contribution in [0.5, 0.6) is 0 Å². The van der Waals surface area contributed by atoms with Crippen LogP contribution in [0.3, 0.4) is 0 Å². The van der Waals surface area contributed by atoms with Crippen molar-refractivity contribution in [3.63, 3.8) is 0 Å². The van der Waals surface area contributed by atoms with E-state index in [1.54, 1.807) is 17.4 Å². The maximum absolute atomic E-state index is 12.1. The molecule has 1 atom stereocenters. The highest BCUT2D eigenvalue weighted by molar-refractivity contribution is 7.09. The number of rotatable bonds is 4. The van der Waals surface area contributed by atoms with Crippen LogP contribution in [0.4, 0.5) is 0 Å². The number of amides is 1. The van der Waals surface area contributed by atoms with Crippen molar-refractivity contribution in [3.05, 3.63) is 28.3 Å². The van der Waals surface area contributed by atoms with Gasteiger partial charge >= 0.3 is 0 Å². The van der Waals surface area contributed by atoms with Crippen molar-refractivity contribution in [1.82, 2.24) is 15.6 Å². The van der Waals surface area contributed by atoms with Crippen LogP contribution in [-0.2, 0) is 4.74 Å². The molecular weight excluding hydrogens is 290 g/mol. The second kappa shape index (κ2) is 6.38. The summed E-state index contributed by atoms with van der Waals surface area (Å²) < 4.78 is 10.9. The summed E-state index contributed by atoms with van der Waals surface area (Å²) in [6, 6.07) is 1.71. The Morgan fingerprint density at radius 1 is 1.62 bits per heavy atom. The van der Waals surface area contributed by atoms with Gasteiger partial charge < -0.3 is 19.8 Å². The predicted molar refractivity (Wildman–Crippen MR) is 79.5 cm³/mol. The van der Waals surface area contributed by atoms with Crippen molar-refractivity contribution in [3.8, 4) is 11.5 Å². The molecule has 21 heavy (non-hydrogen) atoms. The van der Waals surface area contributed by atoms with Crippen molar-refractivity contribution in [2.75, 3.05) is 26.2 Å². The first-order valence-electron chi connectivity index (χ1n) is 6.84. The molecule has 1 unspecified atom stereocenters. The van der Waals surface area contributed by atoms with Gasteiger partial charge in [-0.15, -0.1) is 11.3 Å². The molecule has 112 valence electrons. The van der Waals surface area contributed by atoms with Crippen LogP contribution in [0.25, 0.3) is 11.5 Å². The number of nitrogens with zero attached hydrogens (tertiary/aromatic N) is 1. The number of hydrogen-bond donors (Lipinski definition) is 2. The predicted octanol–water partition coefficient (Wildman–Crippen LogP) is 1.43. The number of ether oxygens (including phenoxy) is 1. The molecule has 1 aliphatic rings. The molecule has 0 spiro atoms. The highest BCUT2D eigenvalue weighted by atomic mass is 32.1. The fourth-order valence-corrected chi connectivity index (χ4v) is 2.73. The van der Waals surface area contributed by atoms with Gasteiger partial charge in [-0.2, -0.15) is 0 Å². The molecule has 2 aromatic heterocycles. The standard InChI is InChI=1S/C14H17N3O3S/c1-9-17-12(8-21-9)13-4-10(7-20-13)14(18)16-6-11-5-15-2-3-19-11/h4,7-8,11,15H,2-3,5-6H2,1H3,(H,16,18). The van der Waals surface area contributed by atoms with Crippen LogP contribution in [0.15, 0.2) is 22.1 Å². The molecule has 1 fully saturated rings. The summed E-state index contributed by atoms with van der Waals surface area (Å²) in [5.41, 5.74) is 1.26. The normalized spacial score (nSPS) is 18.6. The van der Waals surface area contributed by atoms with Crippen LogP contribution < -0.4 is 10.6 Å².